The second-order valence-electron chi connectivity index (χ2n) is 7.11. The summed E-state index contributed by atoms with van der Waals surface area (Å²) in [7, 11) is 0. The molecule has 5 heteroatoms. The van der Waals surface area contributed by atoms with Gasteiger partial charge in [0, 0.05) is 23.9 Å². The molecule has 0 amide bonds. The molecule has 2 heterocycles. The van der Waals surface area contributed by atoms with Gasteiger partial charge in [-0.2, -0.15) is 5.10 Å². The Hall–Kier alpha value is -1.91. The van der Waals surface area contributed by atoms with Crippen LogP contribution in [0.4, 0.5) is 5.82 Å². The molecule has 1 unspecified atom stereocenters. The van der Waals surface area contributed by atoms with E-state index in [0.29, 0.717) is 5.92 Å². The van der Waals surface area contributed by atoms with Gasteiger partial charge in [-0.05, 0) is 40.7 Å². The van der Waals surface area contributed by atoms with Crippen LogP contribution in [-0.2, 0) is 5.54 Å². The molecule has 0 bridgehead atoms. The van der Waals surface area contributed by atoms with E-state index in [2.05, 4.69) is 75.0 Å². The minimum Gasteiger partial charge on any atom is -0.363 e. The van der Waals surface area contributed by atoms with Crippen LogP contribution in [0, 0.1) is 6.92 Å². The molecule has 1 atom stereocenters. The van der Waals surface area contributed by atoms with Crippen molar-refractivity contribution in [2.45, 2.75) is 66.0 Å². The third-order valence-electron chi connectivity index (χ3n) is 3.65. The zero-order chi connectivity index (χ0) is 16.5. The number of rotatable bonds is 4. The maximum atomic E-state index is 4.63. The van der Waals surface area contributed by atoms with Crippen molar-refractivity contribution < 1.29 is 0 Å². The lowest BCUT2D eigenvalue weighted by atomic mass is 10.1. The summed E-state index contributed by atoms with van der Waals surface area (Å²) in [5.41, 5.74) is 2.23. The zero-order valence-electron chi connectivity index (χ0n) is 14.7. The maximum absolute atomic E-state index is 4.63. The Balaban J connectivity index is 2.21. The number of aromatic nitrogens is 4. The van der Waals surface area contributed by atoms with Crippen molar-refractivity contribution in [1.29, 1.82) is 0 Å². The summed E-state index contributed by atoms with van der Waals surface area (Å²) in [4.78, 5) is 8.88. The Labute approximate surface area is 133 Å². The molecule has 0 aliphatic heterocycles. The molecule has 0 aliphatic rings. The highest BCUT2D eigenvalue weighted by molar-refractivity contribution is 5.38. The van der Waals surface area contributed by atoms with E-state index in [1.54, 1.807) is 0 Å². The molecular weight excluding hydrogens is 274 g/mol. The molecule has 2 aromatic rings. The highest BCUT2D eigenvalue weighted by Gasteiger charge is 2.19. The SMILES string of the molecule is Cc1nn(C(C)(C)C)cc1C(C)Nc1ccnc(C(C)C)n1. The molecule has 0 fully saturated rings. The Morgan fingerprint density at radius 1 is 1.18 bits per heavy atom. The van der Waals surface area contributed by atoms with Crippen molar-refractivity contribution in [2.75, 3.05) is 5.32 Å². The van der Waals surface area contributed by atoms with E-state index in [1.807, 2.05) is 16.9 Å². The topological polar surface area (TPSA) is 55.6 Å². The first kappa shape index (κ1) is 16.5. The molecule has 120 valence electrons. The Bertz CT molecular complexity index is 637. The fourth-order valence-corrected chi connectivity index (χ4v) is 2.27. The van der Waals surface area contributed by atoms with E-state index in [4.69, 9.17) is 0 Å². The first-order chi connectivity index (χ1) is 10.2. The molecule has 0 aliphatic carbocycles. The van der Waals surface area contributed by atoms with Gasteiger partial charge in [0.25, 0.3) is 0 Å². The molecule has 5 nitrogen and oxygen atoms in total. The Morgan fingerprint density at radius 3 is 2.41 bits per heavy atom. The van der Waals surface area contributed by atoms with Crippen LogP contribution in [0.1, 0.15) is 70.6 Å². The first-order valence-electron chi connectivity index (χ1n) is 7.84. The van der Waals surface area contributed by atoms with Crippen molar-refractivity contribution in [2.24, 2.45) is 0 Å². The van der Waals surface area contributed by atoms with Gasteiger partial charge in [0.1, 0.15) is 11.6 Å². The second kappa shape index (κ2) is 6.07. The standard InChI is InChI=1S/C17H27N5/c1-11(2)16-18-9-8-15(20-16)19-12(3)14-10-22(17(5,6)7)21-13(14)4/h8-12H,1-7H3,(H,18,19,20). The van der Waals surface area contributed by atoms with Gasteiger partial charge in [0.2, 0.25) is 0 Å². The predicted octanol–water partition coefficient (Wildman–Crippen LogP) is 4.03. The van der Waals surface area contributed by atoms with Crippen LogP contribution in [0.5, 0.6) is 0 Å². The summed E-state index contributed by atoms with van der Waals surface area (Å²) in [5, 5.41) is 8.09. The molecule has 0 saturated carbocycles. The largest absolute Gasteiger partial charge is 0.363 e. The first-order valence-corrected chi connectivity index (χ1v) is 7.84. The average Bonchev–Trinajstić information content (AvgIpc) is 2.81. The minimum absolute atomic E-state index is 0.0114. The van der Waals surface area contributed by atoms with Crippen LogP contribution < -0.4 is 5.32 Å². The normalized spacial score (nSPS) is 13.5. The van der Waals surface area contributed by atoms with Gasteiger partial charge in [0.15, 0.2) is 0 Å². The highest BCUT2D eigenvalue weighted by Crippen LogP contribution is 2.24. The summed E-state index contributed by atoms with van der Waals surface area (Å²) in [6.45, 7) is 14.8. The van der Waals surface area contributed by atoms with E-state index in [0.717, 1.165) is 17.3 Å². The van der Waals surface area contributed by atoms with Gasteiger partial charge in [-0.15, -0.1) is 0 Å². The van der Waals surface area contributed by atoms with Gasteiger partial charge in [-0.3, -0.25) is 4.68 Å². The third kappa shape index (κ3) is 3.64. The second-order valence-corrected chi connectivity index (χ2v) is 7.11. The summed E-state index contributed by atoms with van der Waals surface area (Å²) in [6.07, 6.45) is 3.93. The summed E-state index contributed by atoms with van der Waals surface area (Å²) >= 11 is 0. The molecular formula is C17H27N5. The fraction of sp³-hybridized carbons (Fsp3) is 0.588. The molecule has 0 aromatic carbocycles. The molecule has 0 radical (unpaired) electrons. The zero-order valence-corrected chi connectivity index (χ0v) is 14.7. The minimum atomic E-state index is -0.0114. The monoisotopic (exact) mass is 301 g/mol. The number of hydrogen-bond donors (Lipinski definition) is 1. The maximum Gasteiger partial charge on any atom is 0.133 e. The number of nitrogens with zero attached hydrogens (tertiary/aromatic N) is 4. The van der Waals surface area contributed by atoms with Crippen molar-refractivity contribution >= 4 is 5.82 Å². The van der Waals surface area contributed by atoms with E-state index in [9.17, 15) is 0 Å². The molecule has 22 heavy (non-hydrogen) atoms. The number of hydrogen-bond acceptors (Lipinski definition) is 4. The van der Waals surface area contributed by atoms with Crippen LogP contribution in [0.15, 0.2) is 18.5 Å². The number of nitrogens with one attached hydrogen (secondary N) is 1. The lowest BCUT2D eigenvalue weighted by molar-refractivity contribution is 0.354. The lowest BCUT2D eigenvalue weighted by Crippen LogP contribution is -2.22. The van der Waals surface area contributed by atoms with Gasteiger partial charge >= 0.3 is 0 Å². The van der Waals surface area contributed by atoms with Crippen molar-refractivity contribution in [1.82, 2.24) is 19.7 Å². The lowest BCUT2D eigenvalue weighted by Gasteiger charge is -2.19. The van der Waals surface area contributed by atoms with Gasteiger partial charge in [-0.25, -0.2) is 9.97 Å². The van der Waals surface area contributed by atoms with Crippen LogP contribution in [0.3, 0.4) is 0 Å². The van der Waals surface area contributed by atoms with Crippen molar-refractivity contribution in [3.8, 4) is 0 Å². The van der Waals surface area contributed by atoms with Gasteiger partial charge in [-0.1, -0.05) is 13.8 Å². The fourth-order valence-electron chi connectivity index (χ4n) is 2.27. The van der Waals surface area contributed by atoms with Crippen LogP contribution in [-0.4, -0.2) is 19.7 Å². The van der Waals surface area contributed by atoms with E-state index < -0.39 is 0 Å². The van der Waals surface area contributed by atoms with E-state index in [-0.39, 0.29) is 11.6 Å². The molecule has 0 spiro atoms. The summed E-state index contributed by atoms with van der Waals surface area (Å²) in [5.74, 6) is 2.04. The van der Waals surface area contributed by atoms with Crippen molar-refractivity contribution in [3.05, 3.63) is 35.5 Å². The van der Waals surface area contributed by atoms with Crippen LogP contribution in [0.2, 0.25) is 0 Å². The quantitative estimate of drug-likeness (QED) is 0.926. The van der Waals surface area contributed by atoms with Gasteiger partial charge < -0.3 is 5.32 Å². The number of aryl methyl sites for hydroxylation is 1. The molecule has 2 aromatic heterocycles. The Morgan fingerprint density at radius 2 is 1.86 bits per heavy atom. The summed E-state index contributed by atoms with van der Waals surface area (Å²) < 4.78 is 2.02. The van der Waals surface area contributed by atoms with Crippen LogP contribution in [0.25, 0.3) is 0 Å². The number of anilines is 1. The van der Waals surface area contributed by atoms with Crippen LogP contribution >= 0.6 is 0 Å². The third-order valence-corrected chi connectivity index (χ3v) is 3.65. The average molecular weight is 301 g/mol. The molecule has 0 saturated heterocycles. The predicted molar refractivity (Wildman–Crippen MR) is 90.1 cm³/mol. The van der Waals surface area contributed by atoms with E-state index >= 15 is 0 Å². The highest BCUT2D eigenvalue weighted by atomic mass is 15.3. The summed E-state index contributed by atoms with van der Waals surface area (Å²) in [6, 6.07) is 2.05. The smallest absolute Gasteiger partial charge is 0.133 e. The molecule has 2 rings (SSSR count). The molecule has 1 N–H and O–H groups in total. The van der Waals surface area contributed by atoms with E-state index in [1.165, 1.54) is 5.56 Å². The Kier molecular flexibility index (Phi) is 4.54. The van der Waals surface area contributed by atoms with Gasteiger partial charge in [0.05, 0.1) is 17.3 Å². The van der Waals surface area contributed by atoms with Crippen molar-refractivity contribution in [3.63, 3.8) is 0 Å².